The summed E-state index contributed by atoms with van der Waals surface area (Å²) < 4.78 is 0. The maximum Gasteiger partial charge on any atom is 0.308 e. The fourth-order valence-corrected chi connectivity index (χ4v) is 3.72. The smallest absolute Gasteiger partial charge is 0.308 e. The van der Waals surface area contributed by atoms with Crippen LogP contribution in [0.25, 0.3) is 0 Å². The molecule has 3 atom stereocenters. The van der Waals surface area contributed by atoms with E-state index in [1.165, 1.54) is 4.90 Å². The largest absolute Gasteiger partial charge is 0.481 e. The zero-order chi connectivity index (χ0) is 15.9. The normalized spacial score (nSPS) is 30.7. The quantitative estimate of drug-likeness (QED) is 0.806. The topological polar surface area (TPSA) is 74.7 Å². The molecule has 5 heteroatoms. The van der Waals surface area contributed by atoms with E-state index in [4.69, 9.17) is 0 Å². The molecule has 21 heavy (non-hydrogen) atoms. The zero-order valence-corrected chi connectivity index (χ0v) is 13.3. The van der Waals surface area contributed by atoms with Crippen LogP contribution in [0.1, 0.15) is 47.0 Å². The van der Waals surface area contributed by atoms with Crippen molar-refractivity contribution >= 4 is 17.8 Å². The van der Waals surface area contributed by atoms with Crippen LogP contribution in [-0.2, 0) is 14.4 Å². The Morgan fingerprint density at radius 1 is 1.24 bits per heavy atom. The molecule has 0 aromatic rings. The molecule has 5 nitrogen and oxygen atoms in total. The second kappa shape index (κ2) is 5.43. The third kappa shape index (κ3) is 3.27. The molecule has 2 fully saturated rings. The Labute approximate surface area is 125 Å². The van der Waals surface area contributed by atoms with E-state index in [1.54, 1.807) is 0 Å². The summed E-state index contributed by atoms with van der Waals surface area (Å²) in [6, 6.07) is 0. The molecule has 0 spiro atoms. The summed E-state index contributed by atoms with van der Waals surface area (Å²) in [5, 5.41) is 9.37. The highest BCUT2D eigenvalue weighted by atomic mass is 16.4. The molecule has 118 valence electrons. The van der Waals surface area contributed by atoms with Gasteiger partial charge in [0.2, 0.25) is 11.8 Å². The SMILES string of the molecule is CC1CC2C(=O)N(CC(CC(C)(C)C)C(=O)O)C(=O)C2C1. The molecular formula is C16H25NO4. The van der Waals surface area contributed by atoms with E-state index in [9.17, 15) is 19.5 Å². The number of hydrogen-bond donors (Lipinski definition) is 1. The van der Waals surface area contributed by atoms with Crippen molar-refractivity contribution in [2.45, 2.75) is 47.0 Å². The standard InChI is InChI=1S/C16H25NO4/c1-9-5-11-12(6-9)14(19)17(13(11)18)8-10(15(20)21)7-16(2,3)4/h9-12H,5-8H2,1-4H3,(H,20,21). The Morgan fingerprint density at radius 2 is 1.71 bits per heavy atom. The van der Waals surface area contributed by atoms with Gasteiger partial charge in [-0.3, -0.25) is 19.3 Å². The highest BCUT2D eigenvalue weighted by molar-refractivity contribution is 6.05. The van der Waals surface area contributed by atoms with Crippen LogP contribution in [0, 0.1) is 29.1 Å². The van der Waals surface area contributed by atoms with E-state index >= 15 is 0 Å². The number of likely N-dealkylation sites (tertiary alicyclic amines) is 1. The van der Waals surface area contributed by atoms with Crippen LogP contribution >= 0.6 is 0 Å². The molecule has 1 N–H and O–H groups in total. The number of carboxylic acid groups (broad SMARTS) is 1. The number of nitrogens with zero attached hydrogens (tertiary/aromatic N) is 1. The van der Waals surface area contributed by atoms with Gasteiger partial charge in [-0.2, -0.15) is 0 Å². The van der Waals surface area contributed by atoms with Gasteiger partial charge in [-0.15, -0.1) is 0 Å². The molecule has 1 heterocycles. The van der Waals surface area contributed by atoms with Crippen molar-refractivity contribution < 1.29 is 19.5 Å². The number of fused-ring (bicyclic) bond motifs is 1. The third-order valence-electron chi connectivity index (χ3n) is 4.58. The Kier molecular flexibility index (Phi) is 4.13. The van der Waals surface area contributed by atoms with Gasteiger partial charge in [-0.1, -0.05) is 27.7 Å². The minimum atomic E-state index is -0.934. The van der Waals surface area contributed by atoms with Crippen molar-refractivity contribution in [2.24, 2.45) is 29.1 Å². The first-order valence-corrected chi connectivity index (χ1v) is 7.68. The fourth-order valence-electron chi connectivity index (χ4n) is 3.72. The Morgan fingerprint density at radius 3 is 2.10 bits per heavy atom. The molecule has 1 saturated carbocycles. The summed E-state index contributed by atoms with van der Waals surface area (Å²) in [7, 11) is 0. The van der Waals surface area contributed by atoms with Gasteiger partial charge in [-0.25, -0.2) is 0 Å². The summed E-state index contributed by atoms with van der Waals surface area (Å²) in [5.74, 6) is -1.96. The highest BCUT2D eigenvalue weighted by Crippen LogP contribution is 2.43. The molecule has 2 amide bonds. The minimum absolute atomic E-state index is 0.0195. The number of hydrogen-bond acceptors (Lipinski definition) is 3. The monoisotopic (exact) mass is 295 g/mol. The minimum Gasteiger partial charge on any atom is -0.481 e. The molecule has 2 aliphatic rings. The molecule has 2 rings (SSSR count). The first-order chi connectivity index (χ1) is 9.60. The van der Waals surface area contributed by atoms with Gasteiger partial charge in [0, 0.05) is 6.54 Å². The lowest BCUT2D eigenvalue weighted by molar-refractivity contribution is -0.147. The summed E-state index contributed by atoms with van der Waals surface area (Å²) in [6.07, 6.45) is 1.95. The second-order valence-corrected chi connectivity index (χ2v) is 7.88. The summed E-state index contributed by atoms with van der Waals surface area (Å²) in [6.45, 7) is 7.97. The first-order valence-electron chi connectivity index (χ1n) is 7.68. The average Bonchev–Trinajstić information content (AvgIpc) is 2.80. The maximum absolute atomic E-state index is 12.4. The van der Waals surface area contributed by atoms with E-state index in [-0.39, 0.29) is 35.6 Å². The molecule has 0 aromatic heterocycles. The highest BCUT2D eigenvalue weighted by Gasteiger charge is 2.52. The molecule has 3 unspecified atom stereocenters. The van der Waals surface area contributed by atoms with Crippen LogP contribution in [0.5, 0.6) is 0 Å². The Bertz CT molecular complexity index is 441. The van der Waals surface area contributed by atoms with Gasteiger partial charge in [0.1, 0.15) is 0 Å². The molecule has 1 aliphatic carbocycles. The molecule has 0 bridgehead atoms. The van der Waals surface area contributed by atoms with Crippen LogP contribution < -0.4 is 0 Å². The Balaban J connectivity index is 2.10. The molecular weight excluding hydrogens is 270 g/mol. The second-order valence-electron chi connectivity index (χ2n) is 7.88. The fraction of sp³-hybridized carbons (Fsp3) is 0.812. The molecule has 1 aliphatic heterocycles. The average molecular weight is 295 g/mol. The lowest BCUT2D eigenvalue weighted by Gasteiger charge is -2.26. The van der Waals surface area contributed by atoms with Crippen LogP contribution in [0.3, 0.4) is 0 Å². The number of rotatable bonds is 4. The van der Waals surface area contributed by atoms with E-state index in [0.29, 0.717) is 12.3 Å². The maximum atomic E-state index is 12.4. The van der Waals surface area contributed by atoms with Gasteiger partial charge >= 0.3 is 5.97 Å². The van der Waals surface area contributed by atoms with E-state index in [2.05, 4.69) is 6.92 Å². The third-order valence-corrected chi connectivity index (χ3v) is 4.58. The number of amides is 2. The van der Waals surface area contributed by atoms with Crippen LogP contribution in [-0.4, -0.2) is 34.3 Å². The van der Waals surface area contributed by atoms with E-state index in [0.717, 1.165) is 12.8 Å². The van der Waals surface area contributed by atoms with Crippen LogP contribution in [0.4, 0.5) is 0 Å². The molecule has 0 aromatic carbocycles. The number of carbonyl (C=O) groups excluding carboxylic acids is 2. The van der Waals surface area contributed by atoms with Gasteiger partial charge in [-0.05, 0) is 30.6 Å². The predicted octanol–water partition coefficient (Wildman–Crippen LogP) is 2.15. The van der Waals surface area contributed by atoms with Crippen LogP contribution in [0.15, 0.2) is 0 Å². The summed E-state index contributed by atoms with van der Waals surface area (Å²) in [5.41, 5.74) is -0.154. The van der Waals surface area contributed by atoms with Gasteiger partial charge in [0.15, 0.2) is 0 Å². The van der Waals surface area contributed by atoms with Crippen molar-refractivity contribution in [1.29, 1.82) is 0 Å². The van der Waals surface area contributed by atoms with Gasteiger partial charge < -0.3 is 5.11 Å². The first kappa shape index (κ1) is 16.0. The van der Waals surface area contributed by atoms with E-state index in [1.807, 2.05) is 20.8 Å². The van der Waals surface area contributed by atoms with Crippen LogP contribution in [0.2, 0.25) is 0 Å². The van der Waals surface area contributed by atoms with Gasteiger partial charge in [0.25, 0.3) is 0 Å². The lowest BCUT2D eigenvalue weighted by Crippen LogP contribution is -2.40. The predicted molar refractivity (Wildman–Crippen MR) is 77.3 cm³/mol. The summed E-state index contributed by atoms with van der Waals surface area (Å²) in [4.78, 5) is 37.4. The zero-order valence-electron chi connectivity index (χ0n) is 13.3. The molecule has 0 radical (unpaired) electrons. The number of aliphatic carboxylic acids is 1. The van der Waals surface area contributed by atoms with Gasteiger partial charge in [0.05, 0.1) is 17.8 Å². The summed E-state index contributed by atoms with van der Waals surface area (Å²) >= 11 is 0. The van der Waals surface area contributed by atoms with Crippen molar-refractivity contribution in [3.63, 3.8) is 0 Å². The van der Waals surface area contributed by atoms with E-state index < -0.39 is 11.9 Å². The number of imide groups is 1. The molecule has 1 saturated heterocycles. The Hall–Kier alpha value is -1.39. The van der Waals surface area contributed by atoms with Crippen molar-refractivity contribution in [1.82, 2.24) is 4.90 Å². The number of carbonyl (C=O) groups is 3. The lowest BCUT2D eigenvalue weighted by atomic mass is 9.84. The van der Waals surface area contributed by atoms with Crippen molar-refractivity contribution in [3.8, 4) is 0 Å². The van der Waals surface area contributed by atoms with Crippen molar-refractivity contribution in [2.75, 3.05) is 6.54 Å². The van der Waals surface area contributed by atoms with Crippen molar-refractivity contribution in [3.05, 3.63) is 0 Å². The number of carboxylic acids is 1.